The molecule has 2 rings (SSSR count). The number of hydrogen-bond donors (Lipinski definition) is 2. The molecule has 2 aromatic rings. The number of nitrogens with two attached hydrogens (primary N) is 2. The largest absolute Gasteiger partial charge is 0.492 e. The lowest BCUT2D eigenvalue weighted by molar-refractivity contribution is 0.100. The molecule has 0 saturated heterocycles. The number of amides is 1. The van der Waals surface area contributed by atoms with Crippen LogP contribution in [-0.4, -0.2) is 19.1 Å². The van der Waals surface area contributed by atoms with E-state index < -0.39 is 0 Å². The fraction of sp³-hybridized carbons (Fsp3) is 0.133. The van der Waals surface area contributed by atoms with Crippen molar-refractivity contribution in [1.29, 1.82) is 0 Å². The van der Waals surface area contributed by atoms with E-state index in [1.54, 1.807) is 24.3 Å². The zero-order chi connectivity index (χ0) is 13.9. The first kappa shape index (κ1) is 14.7. The first-order valence-corrected chi connectivity index (χ1v) is 5.97. The number of para-hydroxylation sites is 1. The van der Waals surface area contributed by atoms with Crippen LogP contribution in [0.3, 0.4) is 0 Å². The summed E-state index contributed by atoms with van der Waals surface area (Å²) >= 11 is 0. The molecule has 0 atom stereocenters. The van der Waals surface area contributed by atoms with Crippen molar-refractivity contribution in [3.63, 3.8) is 0 Å². The second-order valence-electron chi connectivity index (χ2n) is 3.68. The number of rotatable bonds is 4. The smallest absolute Gasteiger partial charge is 0.248 e. The van der Waals surface area contributed by atoms with Crippen LogP contribution < -0.4 is 16.2 Å². The monoisotopic (exact) mass is 258 g/mol. The summed E-state index contributed by atoms with van der Waals surface area (Å²) < 4.78 is 5.23. The number of primary amides is 1. The predicted octanol–water partition coefficient (Wildman–Crippen LogP) is 1.81. The van der Waals surface area contributed by atoms with Gasteiger partial charge in [-0.05, 0) is 24.3 Å². The van der Waals surface area contributed by atoms with E-state index in [1.807, 2.05) is 36.4 Å². The molecule has 1 amide bonds. The lowest BCUT2D eigenvalue weighted by atomic mass is 10.2. The van der Waals surface area contributed by atoms with Gasteiger partial charge in [-0.2, -0.15) is 0 Å². The van der Waals surface area contributed by atoms with E-state index in [0.29, 0.717) is 18.7 Å². The van der Waals surface area contributed by atoms with Gasteiger partial charge in [0.05, 0.1) is 0 Å². The van der Waals surface area contributed by atoms with E-state index in [0.717, 1.165) is 5.75 Å². The molecule has 0 radical (unpaired) electrons. The van der Waals surface area contributed by atoms with Gasteiger partial charge >= 0.3 is 0 Å². The summed E-state index contributed by atoms with van der Waals surface area (Å²) in [6.07, 6.45) is 0. The number of ether oxygens (including phenoxy) is 1. The van der Waals surface area contributed by atoms with Crippen LogP contribution in [0.5, 0.6) is 5.75 Å². The Morgan fingerprint density at radius 1 is 0.947 bits per heavy atom. The normalized spacial score (nSPS) is 9.11. The number of hydrogen-bond acceptors (Lipinski definition) is 3. The molecule has 2 aromatic carbocycles. The summed E-state index contributed by atoms with van der Waals surface area (Å²) in [4.78, 5) is 10.4. The van der Waals surface area contributed by atoms with E-state index in [2.05, 4.69) is 0 Å². The minimum atomic E-state index is -0.379. The zero-order valence-corrected chi connectivity index (χ0v) is 10.7. The summed E-state index contributed by atoms with van der Waals surface area (Å²) in [5.74, 6) is 0.503. The molecule has 0 unspecified atom stereocenters. The Balaban J connectivity index is 0.000000191. The molecule has 0 aromatic heterocycles. The Kier molecular flexibility index (Phi) is 6.76. The van der Waals surface area contributed by atoms with Gasteiger partial charge in [-0.1, -0.05) is 36.4 Å². The first-order chi connectivity index (χ1) is 9.24. The van der Waals surface area contributed by atoms with Crippen molar-refractivity contribution in [2.24, 2.45) is 11.5 Å². The van der Waals surface area contributed by atoms with E-state index in [9.17, 15) is 4.79 Å². The van der Waals surface area contributed by atoms with Crippen LogP contribution >= 0.6 is 0 Å². The second kappa shape index (κ2) is 8.72. The van der Waals surface area contributed by atoms with Crippen LogP contribution in [-0.2, 0) is 0 Å². The molecule has 0 bridgehead atoms. The molecule has 19 heavy (non-hydrogen) atoms. The van der Waals surface area contributed by atoms with Crippen LogP contribution in [0.1, 0.15) is 10.4 Å². The fourth-order valence-corrected chi connectivity index (χ4v) is 1.30. The van der Waals surface area contributed by atoms with E-state index >= 15 is 0 Å². The van der Waals surface area contributed by atoms with Gasteiger partial charge in [-0.15, -0.1) is 0 Å². The van der Waals surface area contributed by atoms with Gasteiger partial charge < -0.3 is 16.2 Å². The maximum atomic E-state index is 10.4. The summed E-state index contributed by atoms with van der Waals surface area (Å²) in [5.41, 5.74) is 10.8. The zero-order valence-electron chi connectivity index (χ0n) is 10.7. The van der Waals surface area contributed by atoms with Crippen LogP contribution in [0.2, 0.25) is 0 Å². The number of carbonyl (C=O) groups is 1. The summed E-state index contributed by atoms with van der Waals surface area (Å²) in [5, 5.41) is 0. The molecule has 100 valence electrons. The van der Waals surface area contributed by atoms with Crippen molar-refractivity contribution in [2.75, 3.05) is 13.2 Å². The van der Waals surface area contributed by atoms with Crippen molar-refractivity contribution in [3.8, 4) is 5.75 Å². The molecule has 4 nitrogen and oxygen atoms in total. The van der Waals surface area contributed by atoms with Gasteiger partial charge in [-0.3, -0.25) is 4.79 Å². The average molecular weight is 258 g/mol. The van der Waals surface area contributed by atoms with Crippen molar-refractivity contribution in [3.05, 3.63) is 66.2 Å². The van der Waals surface area contributed by atoms with Crippen molar-refractivity contribution >= 4 is 5.91 Å². The van der Waals surface area contributed by atoms with Gasteiger partial charge in [0.15, 0.2) is 0 Å². The third-order valence-corrected chi connectivity index (χ3v) is 2.19. The summed E-state index contributed by atoms with van der Waals surface area (Å²) in [7, 11) is 0. The third-order valence-electron chi connectivity index (χ3n) is 2.19. The van der Waals surface area contributed by atoms with Gasteiger partial charge in [0.25, 0.3) is 0 Å². The quantitative estimate of drug-likeness (QED) is 0.877. The second-order valence-corrected chi connectivity index (χ2v) is 3.68. The molecule has 4 heteroatoms. The highest BCUT2D eigenvalue weighted by molar-refractivity contribution is 5.92. The van der Waals surface area contributed by atoms with Crippen molar-refractivity contribution in [1.82, 2.24) is 0 Å². The number of benzene rings is 2. The molecule has 0 heterocycles. The van der Waals surface area contributed by atoms with Gasteiger partial charge in [0.2, 0.25) is 5.91 Å². The van der Waals surface area contributed by atoms with Crippen LogP contribution in [0.15, 0.2) is 60.7 Å². The first-order valence-electron chi connectivity index (χ1n) is 5.97. The maximum absolute atomic E-state index is 10.4. The molecule has 0 saturated carbocycles. The average Bonchev–Trinajstić information content (AvgIpc) is 2.48. The van der Waals surface area contributed by atoms with E-state index in [-0.39, 0.29) is 5.91 Å². The lowest BCUT2D eigenvalue weighted by Crippen LogP contribution is -2.10. The number of carbonyl (C=O) groups excluding carboxylic acids is 1. The molecule has 0 aliphatic carbocycles. The predicted molar refractivity (Wildman–Crippen MR) is 76.0 cm³/mol. The Morgan fingerprint density at radius 2 is 1.47 bits per heavy atom. The highest BCUT2D eigenvalue weighted by Crippen LogP contribution is 2.06. The SMILES string of the molecule is NC(=O)c1ccccc1.NCCOc1ccccc1. The molecule has 0 spiro atoms. The van der Waals surface area contributed by atoms with Crippen LogP contribution in [0.25, 0.3) is 0 Å². The minimum Gasteiger partial charge on any atom is -0.492 e. The standard InChI is InChI=1S/C8H11NO.C7H7NO/c9-6-7-10-8-4-2-1-3-5-8;8-7(9)6-4-2-1-3-5-6/h1-5H,6-7,9H2;1-5H,(H2,8,9). The molecular weight excluding hydrogens is 240 g/mol. The molecular formula is C15H18N2O2. The summed E-state index contributed by atoms with van der Waals surface area (Å²) in [6.45, 7) is 1.15. The molecule has 4 N–H and O–H groups in total. The molecule has 0 aliphatic heterocycles. The highest BCUT2D eigenvalue weighted by atomic mass is 16.5. The molecule has 0 fully saturated rings. The van der Waals surface area contributed by atoms with Crippen LogP contribution in [0, 0.1) is 0 Å². The maximum Gasteiger partial charge on any atom is 0.248 e. The Bertz CT molecular complexity index is 472. The van der Waals surface area contributed by atoms with Gasteiger partial charge in [0, 0.05) is 12.1 Å². The minimum absolute atomic E-state index is 0.379. The molecule has 0 aliphatic rings. The third kappa shape index (κ3) is 6.24. The van der Waals surface area contributed by atoms with E-state index in [1.165, 1.54) is 0 Å². The van der Waals surface area contributed by atoms with Gasteiger partial charge in [-0.25, -0.2) is 0 Å². The summed E-state index contributed by atoms with van der Waals surface area (Å²) in [6, 6.07) is 18.4. The lowest BCUT2D eigenvalue weighted by Gasteiger charge is -2.01. The highest BCUT2D eigenvalue weighted by Gasteiger charge is 1.93. The fourth-order valence-electron chi connectivity index (χ4n) is 1.30. The Morgan fingerprint density at radius 3 is 1.89 bits per heavy atom. The Labute approximate surface area is 113 Å². The Hall–Kier alpha value is -2.33. The van der Waals surface area contributed by atoms with Crippen molar-refractivity contribution in [2.45, 2.75) is 0 Å². The van der Waals surface area contributed by atoms with Gasteiger partial charge in [0.1, 0.15) is 12.4 Å². The van der Waals surface area contributed by atoms with Crippen molar-refractivity contribution < 1.29 is 9.53 Å². The van der Waals surface area contributed by atoms with E-state index in [4.69, 9.17) is 16.2 Å². The topological polar surface area (TPSA) is 78.3 Å². The van der Waals surface area contributed by atoms with Crippen LogP contribution in [0.4, 0.5) is 0 Å².